The minimum absolute atomic E-state index is 0.00782. The minimum Gasteiger partial charge on any atom is -0.465 e. The summed E-state index contributed by atoms with van der Waals surface area (Å²) in [6.07, 6.45) is -5.20. The smallest absolute Gasteiger partial charge is 0.407 e. The summed E-state index contributed by atoms with van der Waals surface area (Å²) in [6, 6.07) is -0.361. The molecule has 3 atom stereocenters. The molecule has 2 N–H and O–H groups in total. The molecule has 0 aliphatic carbocycles. The van der Waals surface area contributed by atoms with Gasteiger partial charge in [-0.25, -0.2) is 14.2 Å². The number of hydrogen-bond acceptors (Lipinski definition) is 3. The molecule has 1 aromatic rings. The van der Waals surface area contributed by atoms with Gasteiger partial charge in [0.2, 0.25) is 0 Å². The second kappa shape index (κ2) is 7.52. The molecule has 2 rings (SSSR count). The Morgan fingerprint density at radius 3 is 2.62 bits per heavy atom. The quantitative estimate of drug-likeness (QED) is 0.618. The van der Waals surface area contributed by atoms with Crippen molar-refractivity contribution in [2.24, 2.45) is 0 Å². The summed E-state index contributed by atoms with van der Waals surface area (Å²) in [5, 5.41) is 12.2. The monoisotopic (exact) mass is 369 g/mol. The van der Waals surface area contributed by atoms with Gasteiger partial charge in [0.15, 0.2) is 0 Å². The van der Waals surface area contributed by atoms with Crippen LogP contribution >= 0.6 is 11.6 Å². The summed E-state index contributed by atoms with van der Waals surface area (Å²) in [7, 11) is 0. The number of pyridine rings is 1. The van der Waals surface area contributed by atoms with Crippen LogP contribution in [0.1, 0.15) is 17.9 Å². The normalized spacial score (nSPS) is 20.6. The highest BCUT2D eigenvalue weighted by atomic mass is 35.5. The molecule has 24 heavy (non-hydrogen) atoms. The number of amides is 1. The Kier molecular flexibility index (Phi) is 5.87. The summed E-state index contributed by atoms with van der Waals surface area (Å²) >= 11 is 5.58. The van der Waals surface area contributed by atoms with E-state index in [4.69, 9.17) is 11.6 Å². The number of carboxylic acid groups (broad SMARTS) is 1. The van der Waals surface area contributed by atoms with Crippen molar-refractivity contribution in [3.63, 3.8) is 0 Å². The van der Waals surface area contributed by atoms with E-state index in [2.05, 4.69) is 10.3 Å². The van der Waals surface area contributed by atoms with E-state index >= 15 is 0 Å². The van der Waals surface area contributed by atoms with E-state index in [0.29, 0.717) is 17.9 Å². The van der Waals surface area contributed by atoms with Gasteiger partial charge < -0.3 is 10.4 Å². The van der Waals surface area contributed by atoms with Crippen LogP contribution < -0.4 is 5.32 Å². The van der Waals surface area contributed by atoms with Crippen molar-refractivity contribution in [1.82, 2.24) is 15.2 Å². The number of aromatic nitrogens is 1. The van der Waals surface area contributed by atoms with Gasteiger partial charge in [0.05, 0.1) is 6.04 Å². The molecular formula is C14H16ClF4N3O2. The van der Waals surface area contributed by atoms with Gasteiger partial charge in [-0.2, -0.15) is 13.2 Å². The van der Waals surface area contributed by atoms with Crippen LogP contribution in [-0.2, 0) is 0 Å². The molecule has 0 spiro atoms. The fraction of sp³-hybridized carbons (Fsp3) is 0.571. The lowest BCUT2D eigenvalue weighted by Crippen LogP contribution is -2.53. The number of alkyl halides is 4. The van der Waals surface area contributed by atoms with Crippen LogP contribution in [0.4, 0.5) is 22.4 Å². The minimum atomic E-state index is -4.84. The largest absolute Gasteiger partial charge is 0.465 e. The standard InChI is InChI=1S/C14H16ClF4N3O2/c15-11-2-1-8(6-21-11)12(14(17,18)19)10(5-16)22(13(23)24)9-3-4-20-7-9/h1-2,6,9-10,12,20H,3-5,7H2,(H,23,24)/t9?,10-,12-/m1/s1. The van der Waals surface area contributed by atoms with Gasteiger partial charge in [-0.3, -0.25) is 4.90 Å². The molecule has 5 nitrogen and oxygen atoms in total. The van der Waals surface area contributed by atoms with Crippen molar-refractivity contribution in [2.75, 3.05) is 19.8 Å². The van der Waals surface area contributed by atoms with E-state index in [0.717, 1.165) is 18.3 Å². The molecule has 1 aliphatic rings. The third-order valence-electron chi connectivity index (χ3n) is 4.01. The molecule has 0 aromatic carbocycles. The second-order valence-corrected chi connectivity index (χ2v) is 5.88. The van der Waals surface area contributed by atoms with Crippen LogP contribution in [0.2, 0.25) is 5.15 Å². The summed E-state index contributed by atoms with van der Waals surface area (Å²) in [6.45, 7) is -0.811. The highest BCUT2D eigenvalue weighted by Gasteiger charge is 2.50. The molecule has 0 radical (unpaired) electrons. The fourth-order valence-electron chi connectivity index (χ4n) is 2.97. The Balaban J connectivity index is 2.43. The lowest BCUT2D eigenvalue weighted by molar-refractivity contribution is -0.166. The van der Waals surface area contributed by atoms with Crippen molar-refractivity contribution in [2.45, 2.75) is 30.6 Å². The van der Waals surface area contributed by atoms with Gasteiger partial charge in [-0.15, -0.1) is 0 Å². The van der Waals surface area contributed by atoms with Crippen molar-refractivity contribution in [3.05, 3.63) is 29.0 Å². The Labute approximate surface area is 140 Å². The van der Waals surface area contributed by atoms with Crippen LogP contribution in [0.5, 0.6) is 0 Å². The molecule has 10 heteroatoms. The molecular weight excluding hydrogens is 354 g/mol. The Morgan fingerprint density at radius 1 is 1.50 bits per heavy atom. The van der Waals surface area contributed by atoms with E-state index in [1.165, 1.54) is 0 Å². The Morgan fingerprint density at radius 2 is 2.21 bits per heavy atom. The number of nitrogens with one attached hydrogen (secondary N) is 1. The topological polar surface area (TPSA) is 65.5 Å². The van der Waals surface area contributed by atoms with Crippen LogP contribution in [0.3, 0.4) is 0 Å². The summed E-state index contributed by atoms with van der Waals surface area (Å²) in [5.74, 6) is -2.33. The zero-order chi connectivity index (χ0) is 17.9. The van der Waals surface area contributed by atoms with Crippen molar-refractivity contribution in [3.8, 4) is 0 Å². The van der Waals surface area contributed by atoms with Crippen molar-refractivity contribution >= 4 is 17.7 Å². The Hall–Kier alpha value is -1.61. The van der Waals surface area contributed by atoms with Crippen LogP contribution in [0, 0.1) is 0 Å². The molecule has 2 heterocycles. The third kappa shape index (κ3) is 4.07. The van der Waals surface area contributed by atoms with Crippen LogP contribution in [-0.4, -0.2) is 59.1 Å². The molecule has 0 saturated carbocycles. The lowest BCUT2D eigenvalue weighted by atomic mass is 9.90. The van der Waals surface area contributed by atoms with Crippen LogP contribution in [0.25, 0.3) is 0 Å². The fourth-order valence-corrected chi connectivity index (χ4v) is 3.08. The summed E-state index contributed by atoms with van der Waals surface area (Å²) < 4.78 is 54.4. The van der Waals surface area contributed by atoms with Gasteiger partial charge in [-0.1, -0.05) is 17.7 Å². The molecule has 1 amide bonds. The van der Waals surface area contributed by atoms with E-state index in [1.807, 2.05) is 0 Å². The maximum Gasteiger partial charge on any atom is 0.407 e. The molecule has 1 fully saturated rings. The van der Waals surface area contributed by atoms with Gasteiger partial charge in [0.1, 0.15) is 17.7 Å². The first-order valence-electron chi connectivity index (χ1n) is 7.21. The number of nitrogens with zero attached hydrogens (tertiary/aromatic N) is 2. The maximum atomic E-state index is 13.6. The first-order chi connectivity index (χ1) is 11.3. The highest BCUT2D eigenvalue weighted by Crippen LogP contribution is 2.40. The summed E-state index contributed by atoms with van der Waals surface area (Å²) in [5.41, 5.74) is -0.327. The van der Waals surface area contributed by atoms with Crippen molar-refractivity contribution < 1.29 is 27.5 Å². The summed E-state index contributed by atoms with van der Waals surface area (Å²) in [4.78, 5) is 15.7. The van der Waals surface area contributed by atoms with E-state index < -0.39 is 36.9 Å². The van der Waals surface area contributed by atoms with Crippen molar-refractivity contribution in [1.29, 1.82) is 0 Å². The number of halogens is 5. The number of rotatable bonds is 5. The average molecular weight is 370 g/mol. The van der Waals surface area contributed by atoms with E-state index in [-0.39, 0.29) is 17.3 Å². The molecule has 134 valence electrons. The SMILES string of the molecule is O=C(O)N(C1CCNC1)[C@H](CF)[C@@H](c1ccc(Cl)nc1)C(F)(F)F. The second-order valence-electron chi connectivity index (χ2n) is 5.49. The molecule has 0 bridgehead atoms. The van der Waals surface area contributed by atoms with Gasteiger partial charge in [0, 0.05) is 18.8 Å². The molecule has 1 unspecified atom stereocenters. The predicted molar refractivity (Wildman–Crippen MR) is 78.9 cm³/mol. The van der Waals surface area contributed by atoms with Gasteiger partial charge >= 0.3 is 12.3 Å². The first kappa shape index (κ1) is 18.7. The first-order valence-corrected chi connectivity index (χ1v) is 7.59. The van der Waals surface area contributed by atoms with Crippen LogP contribution in [0.15, 0.2) is 18.3 Å². The molecule has 1 aromatic heterocycles. The average Bonchev–Trinajstić information content (AvgIpc) is 3.00. The highest BCUT2D eigenvalue weighted by molar-refractivity contribution is 6.29. The van der Waals surface area contributed by atoms with Gasteiger partial charge in [-0.05, 0) is 24.6 Å². The predicted octanol–water partition coefficient (Wildman–Crippen LogP) is 3.06. The third-order valence-corrected chi connectivity index (χ3v) is 4.23. The molecule has 1 saturated heterocycles. The zero-order valence-electron chi connectivity index (χ0n) is 12.4. The van der Waals surface area contributed by atoms with E-state index in [9.17, 15) is 27.5 Å². The maximum absolute atomic E-state index is 13.6. The Bertz CT molecular complexity index is 564. The number of carbonyl (C=O) groups is 1. The lowest BCUT2D eigenvalue weighted by Gasteiger charge is -2.38. The van der Waals surface area contributed by atoms with E-state index in [1.54, 1.807) is 0 Å². The van der Waals surface area contributed by atoms with Gasteiger partial charge in [0.25, 0.3) is 0 Å². The number of hydrogen-bond donors (Lipinski definition) is 2. The zero-order valence-corrected chi connectivity index (χ0v) is 13.2. The molecule has 1 aliphatic heterocycles.